The van der Waals surface area contributed by atoms with Crippen LogP contribution in [0.1, 0.15) is 38.7 Å². The lowest BCUT2D eigenvalue weighted by Gasteiger charge is -2.28. The number of benzene rings is 1. The van der Waals surface area contributed by atoms with Crippen LogP contribution in [0, 0.1) is 0 Å². The van der Waals surface area contributed by atoms with Crippen molar-refractivity contribution in [3.63, 3.8) is 0 Å². The summed E-state index contributed by atoms with van der Waals surface area (Å²) in [6, 6.07) is 5.87. The number of carboxylic acids is 1. The molecule has 0 aliphatic rings. The molecule has 1 unspecified atom stereocenters. The number of hydrogen-bond acceptors (Lipinski definition) is 4. The summed E-state index contributed by atoms with van der Waals surface area (Å²) in [5.41, 5.74) is 0.685. The minimum atomic E-state index is -6.37. The molecule has 37 heavy (non-hydrogen) atoms. The van der Waals surface area contributed by atoms with E-state index in [2.05, 4.69) is 5.32 Å². The van der Waals surface area contributed by atoms with Gasteiger partial charge in [0.05, 0.1) is 6.54 Å². The van der Waals surface area contributed by atoms with Crippen molar-refractivity contribution < 1.29 is 54.9 Å². The Morgan fingerprint density at radius 1 is 1.00 bits per heavy atom. The zero-order valence-corrected chi connectivity index (χ0v) is 20.4. The van der Waals surface area contributed by atoms with Crippen molar-refractivity contribution >= 4 is 12.0 Å². The Morgan fingerprint density at radius 2 is 1.62 bits per heavy atom. The number of nitrogens with zero attached hydrogens (tertiary/aromatic N) is 1. The fourth-order valence-electron chi connectivity index (χ4n) is 3.22. The van der Waals surface area contributed by atoms with Gasteiger partial charge in [-0.15, -0.1) is 0 Å². The zero-order valence-electron chi connectivity index (χ0n) is 20.4. The van der Waals surface area contributed by atoms with Crippen LogP contribution in [0.3, 0.4) is 0 Å². The standard InChI is InChI=1S/C23H31F7N2O5/c1-3-31-20(35)32(12-6-5-11-21(24,25)22(26,27)23(28,29)30)13-14-37-17-9-7-16(8-10-17)15-18(19(33)34)36-4-2/h7-10,18H,3-6,11-15H2,1-2H3,(H,31,35)(H,33,34). The fourth-order valence-corrected chi connectivity index (χ4v) is 3.22. The monoisotopic (exact) mass is 548 g/mol. The van der Waals surface area contributed by atoms with Crippen LogP contribution in [0.25, 0.3) is 0 Å². The maximum atomic E-state index is 13.4. The van der Waals surface area contributed by atoms with Crippen LogP contribution in [-0.2, 0) is 16.0 Å². The summed E-state index contributed by atoms with van der Waals surface area (Å²) in [4.78, 5) is 24.6. The van der Waals surface area contributed by atoms with E-state index in [1.807, 2.05) is 0 Å². The number of unbranched alkanes of at least 4 members (excludes halogenated alkanes) is 1. The Morgan fingerprint density at radius 3 is 2.14 bits per heavy atom. The lowest BCUT2D eigenvalue weighted by Crippen LogP contribution is -2.51. The van der Waals surface area contributed by atoms with E-state index in [0.29, 0.717) is 11.3 Å². The SMILES string of the molecule is CCNC(=O)N(CCCCC(F)(F)C(F)(F)C(F)(F)F)CCOc1ccc(CC(OCC)C(=O)O)cc1. The smallest absolute Gasteiger partial charge is 0.459 e. The molecule has 0 radical (unpaired) electrons. The second-order valence-electron chi connectivity index (χ2n) is 8.03. The molecule has 0 saturated heterocycles. The van der Waals surface area contributed by atoms with Crippen molar-refractivity contribution in [3.05, 3.63) is 29.8 Å². The first-order valence-electron chi connectivity index (χ1n) is 11.6. The Bertz CT molecular complexity index is 851. The summed E-state index contributed by atoms with van der Waals surface area (Å²) in [5, 5.41) is 11.6. The molecule has 14 heteroatoms. The van der Waals surface area contributed by atoms with Crippen LogP contribution in [-0.4, -0.2) is 79.0 Å². The number of hydrogen-bond donors (Lipinski definition) is 2. The third-order valence-electron chi connectivity index (χ3n) is 5.22. The van der Waals surface area contributed by atoms with E-state index in [9.17, 15) is 40.3 Å². The number of urea groups is 1. The number of carboxylic acid groups (broad SMARTS) is 1. The molecule has 1 atom stereocenters. The number of aliphatic carboxylic acids is 1. The number of ether oxygens (including phenoxy) is 2. The molecule has 0 saturated carbocycles. The molecule has 0 spiro atoms. The molecule has 0 aliphatic heterocycles. The number of alkyl halides is 7. The van der Waals surface area contributed by atoms with E-state index in [1.165, 1.54) is 4.90 Å². The summed E-state index contributed by atoms with van der Waals surface area (Å²) < 4.78 is 100. The molecule has 1 aromatic carbocycles. The highest BCUT2D eigenvalue weighted by Gasteiger charge is 2.72. The Balaban J connectivity index is 2.62. The number of carbonyl (C=O) groups is 2. The first-order chi connectivity index (χ1) is 17.2. The molecule has 212 valence electrons. The summed E-state index contributed by atoms with van der Waals surface area (Å²) >= 11 is 0. The van der Waals surface area contributed by atoms with E-state index >= 15 is 0 Å². The molecule has 0 heterocycles. The zero-order chi connectivity index (χ0) is 28.3. The molecule has 1 rings (SSSR count). The largest absolute Gasteiger partial charge is 0.492 e. The maximum Gasteiger partial charge on any atom is 0.459 e. The van der Waals surface area contributed by atoms with Gasteiger partial charge in [-0.05, 0) is 44.4 Å². The van der Waals surface area contributed by atoms with Gasteiger partial charge in [-0.1, -0.05) is 12.1 Å². The van der Waals surface area contributed by atoms with Gasteiger partial charge in [0.1, 0.15) is 12.4 Å². The molecule has 2 amide bonds. The lowest BCUT2D eigenvalue weighted by atomic mass is 10.0. The van der Waals surface area contributed by atoms with Crippen molar-refractivity contribution in [2.75, 3.05) is 32.8 Å². The van der Waals surface area contributed by atoms with Gasteiger partial charge in [0.2, 0.25) is 0 Å². The predicted molar refractivity (Wildman–Crippen MR) is 119 cm³/mol. The number of nitrogens with one attached hydrogen (secondary N) is 1. The van der Waals surface area contributed by atoms with Crippen molar-refractivity contribution in [1.29, 1.82) is 0 Å². The van der Waals surface area contributed by atoms with E-state index in [-0.39, 0.29) is 45.7 Å². The average Bonchev–Trinajstić information content (AvgIpc) is 2.80. The fraction of sp³-hybridized carbons (Fsp3) is 0.652. The average molecular weight is 548 g/mol. The molecule has 7 nitrogen and oxygen atoms in total. The summed E-state index contributed by atoms with van der Waals surface area (Å²) in [6.45, 7) is 3.57. The molecule has 0 bridgehead atoms. The third-order valence-corrected chi connectivity index (χ3v) is 5.22. The minimum Gasteiger partial charge on any atom is -0.492 e. The van der Waals surface area contributed by atoms with Gasteiger partial charge >= 0.3 is 30.0 Å². The predicted octanol–water partition coefficient (Wildman–Crippen LogP) is 5.13. The van der Waals surface area contributed by atoms with Gasteiger partial charge < -0.3 is 24.8 Å². The van der Waals surface area contributed by atoms with Gasteiger partial charge in [-0.25, -0.2) is 9.59 Å². The van der Waals surface area contributed by atoms with Gasteiger partial charge in [0.15, 0.2) is 6.10 Å². The summed E-state index contributed by atoms with van der Waals surface area (Å²) in [6.07, 6.45) is -9.84. The molecule has 1 aromatic rings. The highest BCUT2D eigenvalue weighted by Crippen LogP contribution is 2.48. The van der Waals surface area contributed by atoms with Crippen LogP contribution < -0.4 is 10.1 Å². The number of carbonyl (C=O) groups excluding carboxylic acids is 1. The molecule has 0 aliphatic carbocycles. The van der Waals surface area contributed by atoms with Crippen molar-refractivity contribution in [2.24, 2.45) is 0 Å². The normalized spacial score (nSPS) is 13.2. The molecular weight excluding hydrogens is 517 g/mol. The molecule has 0 aromatic heterocycles. The minimum absolute atomic E-state index is 0.0197. The van der Waals surface area contributed by atoms with E-state index < -0.39 is 49.0 Å². The number of rotatable bonds is 16. The van der Waals surface area contributed by atoms with Crippen LogP contribution in [0.4, 0.5) is 35.5 Å². The Hall–Kier alpha value is -2.77. The van der Waals surface area contributed by atoms with Gasteiger partial charge in [-0.2, -0.15) is 30.7 Å². The van der Waals surface area contributed by atoms with Crippen molar-refractivity contribution in [3.8, 4) is 5.75 Å². The van der Waals surface area contributed by atoms with Gasteiger partial charge in [0.25, 0.3) is 0 Å². The second kappa shape index (κ2) is 14.2. The quantitative estimate of drug-likeness (QED) is 0.221. The third kappa shape index (κ3) is 9.90. The summed E-state index contributed by atoms with van der Waals surface area (Å²) in [7, 11) is 0. The van der Waals surface area contributed by atoms with Crippen LogP contribution in [0.15, 0.2) is 24.3 Å². The lowest BCUT2D eigenvalue weighted by molar-refractivity contribution is -0.355. The summed E-state index contributed by atoms with van der Waals surface area (Å²) in [5.74, 6) is -12.1. The van der Waals surface area contributed by atoms with Crippen LogP contribution in [0.5, 0.6) is 5.75 Å². The van der Waals surface area contributed by atoms with Crippen molar-refractivity contribution in [2.45, 2.75) is 63.7 Å². The van der Waals surface area contributed by atoms with Crippen molar-refractivity contribution in [1.82, 2.24) is 10.2 Å². The maximum absolute atomic E-state index is 13.4. The number of halogens is 7. The van der Waals surface area contributed by atoms with E-state index in [4.69, 9.17) is 14.6 Å². The first kappa shape index (κ1) is 32.3. The molecule has 2 N–H and O–H groups in total. The Labute approximate surface area is 209 Å². The van der Waals surface area contributed by atoms with Gasteiger partial charge in [-0.3, -0.25) is 0 Å². The molecular formula is C23H31F7N2O5. The second-order valence-corrected chi connectivity index (χ2v) is 8.03. The highest BCUT2D eigenvalue weighted by molar-refractivity contribution is 5.74. The first-order valence-corrected chi connectivity index (χ1v) is 11.6. The van der Waals surface area contributed by atoms with Crippen LogP contribution >= 0.6 is 0 Å². The number of amides is 2. The Kier molecular flexibility index (Phi) is 12.4. The topological polar surface area (TPSA) is 88.1 Å². The van der Waals surface area contributed by atoms with E-state index in [1.54, 1.807) is 38.1 Å². The van der Waals surface area contributed by atoms with Crippen LogP contribution in [0.2, 0.25) is 0 Å². The highest BCUT2D eigenvalue weighted by atomic mass is 19.4. The van der Waals surface area contributed by atoms with E-state index in [0.717, 1.165) is 0 Å². The van der Waals surface area contributed by atoms with Gasteiger partial charge in [0, 0.05) is 32.5 Å². The molecule has 0 fully saturated rings.